The van der Waals surface area contributed by atoms with E-state index in [0.29, 0.717) is 5.84 Å². The summed E-state index contributed by atoms with van der Waals surface area (Å²) < 4.78 is 6.53. The molecule has 2 heterocycles. The van der Waals surface area contributed by atoms with Gasteiger partial charge < -0.3 is 9.73 Å². The van der Waals surface area contributed by atoms with Gasteiger partial charge in [-0.25, -0.2) is 9.98 Å². The minimum Gasteiger partial charge on any atom is -0.456 e. The number of benzene rings is 8. The van der Waals surface area contributed by atoms with E-state index in [2.05, 4.69) is 163 Å². The van der Waals surface area contributed by atoms with Crippen molar-refractivity contribution in [3.8, 4) is 33.4 Å². The molecule has 250 valence electrons. The second kappa shape index (κ2) is 12.9. The van der Waals surface area contributed by atoms with E-state index in [1.165, 1.54) is 27.5 Å². The van der Waals surface area contributed by atoms with Crippen molar-refractivity contribution < 1.29 is 4.42 Å². The summed E-state index contributed by atoms with van der Waals surface area (Å²) in [5, 5.41) is 8.24. The SMILES string of the molecule is c1ccc(-c2ccc(-c3cccc4oc5cccc(C6=NC(c7ccc(-c8ccc9ccccc9c8)cc7)=NC(c7ccccc7)N6)c5c34)cc2)cc1. The summed E-state index contributed by atoms with van der Waals surface area (Å²) in [5.41, 5.74) is 11.6. The molecular formula is C49H33N3O. The predicted octanol–water partition coefficient (Wildman–Crippen LogP) is 12.2. The second-order valence-electron chi connectivity index (χ2n) is 13.4. The van der Waals surface area contributed by atoms with Crippen LogP contribution in [0.15, 0.2) is 202 Å². The molecule has 0 spiro atoms. The van der Waals surface area contributed by atoms with E-state index in [4.69, 9.17) is 14.4 Å². The molecule has 53 heavy (non-hydrogen) atoms. The summed E-state index contributed by atoms with van der Waals surface area (Å²) in [4.78, 5) is 10.4. The van der Waals surface area contributed by atoms with Gasteiger partial charge >= 0.3 is 0 Å². The molecule has 1 N–H and O–H groups in total. The van der Waals surface area contributed by atoms with Crippen LogP contribution in [0.1, 0.15) is 22.9 Å². The molecule has 0 bridgehead atoms. The van der Waals surface area contributed by atoms with Gasteiger partial charge in [0.15, 0.2) is 5.84 Å². The predicted molar refractivity (Wildman–Crippen MR) is 219 cm³/mol. The molecule has 0 saturated carbocycles. The van der Waals surface area contributed by atoms with E-state index in [1.54, 1.807) is 0 Å². The molecular weight excluding hydrogens is 647 g/mol. The molecule has 0 radical (unpaired) electrons. The lowest BCUT2D eigenvalue weighted by molar-refractivity contribution is 0.668. The molecule has 0 aliphatic carbocycles. The van der Waals surface area contributed by atoms with Crippen molar-refractivity contribution in [2.24, 2.45) is 9.98 Å². The van der Waals surface area contributed by atoms with Crippen LogP contribution in [-0.4, -0.2) is 11.7 Å². The Morgan fingerprint density at radius 2 is 0.962 bits per heavy atom. The van der Waals surface area contributed by atoms with E-state index >= 15 is 0 Å². The Morgan fingerprint density at radius 3 is 1.70 bits per heavy atom. The molecule has 9 aromatic rings. The van der Waals surface area contributed by atoms with Crippen molar-refractivity contribution in [3.63, 3.8) is 0 Å². The van der Waals surface area contributed by atoms with Crippen LogP contribution in [0.2, 0.25) is 0 Å². The first-order chi connectivity index (χ1) is 26.2. The third-order valence-corrected chi connectivity index (χ3v) is 10.2. The normalized spacial score (nSPS) is 14.2. The van der Waals surface area contributed by atoms with E-state index in [1.807, 2.05) is 30.3 Å². The summed E-state index contributed by atoms with van der Waals surface area (Å²) in [6, 6.07) is 65.8. The Balaban J connectivity index is 1.08. The summed E-state index contributed by atoms with van der Waals surface area (Å²) in [6.07, 6.45) is -0.322. The first-order valence-corrected chi connectivity index (χ1v) is 17.9. The molecule has 1 aliphatic heterocycles. The molecule has 0 amide bonds. The highest BCUT2D eigenvalue weighted by Crippen LogP contribution is 2.39. The lowest BCUT2D eigenvalue weighted by atomic mass is 9.95. The number of nitrogens with one attached hydrogen (secondary N) is 1. The van der Waals surface area contributed by atoms with Gasteiger partial charge in [-0.3, -0.25) is 0 Å². The van der Waals surface area contributed by atoms with Crippen molar-refractivity contribution in [3.05, 3.63) is 205 Å². The molecule has 8 aromatic carbocycles. The summed E-state index contributed by atoms with van der Waals surface area (Å²) in [7, 11) is 0. The number of amidine groups is 2. The molecule has 0 saturated heterocycles. The molecule has 1 aromatic heterocycles. The lowest BCUT2D eigenvalue weighted by Crippen LogP contribution is -2.33. The quantitative estimate of drug-likeness (QED) is 0.190. The number of aliphatic imine (C=N–C) groups is 2. The highest BCUT2D eigenvalue weighted by atomic mass is 16.3. The van der Waals surface area contributed by atoms with Crippen molar-refractivity contribution in [1.82, 2.24) is 5.32 Å². The van der Waals surface area contributed by atoms with E-state index in [9.17, 15) is 0 Å². The Bertz CT molecular complexity index is 2830. The van der Waals surface area contributed by atoms with Gasteiger partial charge in [0.2, 0.25) is 0 Å². The molecule has 1 atom stereocenters. The fourth-order valence-electron chi connectivity index (χ4n) is 7.48. The molecule has 4 nitrogen and oxygen atoms in total. The van der Waals surface area contributed by atoms with Gasteiger partial charge in [0.05, 0.1) is 0 Å². The van der Waals surface area contributed by atoms with Crippen molar-refractivity contribution in [1.29, 1.82) is 0 Å². The van der Waals surface area contributed by atoms with Gasteiger partial charge in [-0.05, 0) is 67.9 Å². The Morgan fingerprint density at radius 1 is 0.415 bits per heavy atom. The van der Waals surface area contributed by atoms with Crippen LogP contribution in [0.3, 0.4) is 0 Å². The maximum Gasteiger partial charge on any atom is 0.159 e. The molecule has 0 fully saturated rings. The van der Waals surface area contributed by atoms with Crippen LogP contribution < -0.4 is 5.32 Å². The number of hydrogen-bond acceptors (Lipinski definition) is 4. The molecule has 1 aliphatic rings. The Kier molecular flexibility index (Phi) is 7.51. The number of rotatable bonds is 6. The van der Waals surface area contributed by atoms with Crippen molar-refractivity contribution in [2.45, 2.75) is 6.17 Å². The van der Waals surface area contributed by atoms with Crippen molar-refractivity contribution >= 4 is 44.4 Å². The van der Waals surface area contributed by atoms with Crippen LogP contribution in [0, 0.1) is 0 Å². The highest BCUT2D eigenvalue weighted by Gasteiger charge is 2.24. The smallest absolute Gasteiger partial charge is 0.159 e. The molecule has 4 heteroatoms. The maximum atomic E-state index is 6.53. The van der Waals surface area contributed by atoms with E-state index in [0.717, 1.165) is 61.2 Å². The van der Waals surface area contributed by atoms with Gasteiger partial charge in [-0.15, -0.1) is 0 Å². The number of hydrogen-bond donors (Lipinski definition) is 1. The second-order valence-corrected chi connectivity index (χ2v) is 13.4. The largest absolute Gasteiger partial charge is 0.456 e. The van der Waals surface area contributed by atoms with Crippen LogP contribution in [0.25, 0.3) is 66.1 Å². The first kappa shape index (κ1) is 30.8. The van der Waals surface area contributed by atoms with Crippen LogP contribution in [-0.2, 0) is 0 Å². The topological polar surface area (TPSA) is 49.9 Å². The highest BCUT2D eigenvalue weighted by molar-refractivity contribution is 6.24. The zero-order valence-corrected chi connectivity index (χ0v) is 28.8. The Labute approximate surface area is 307 Å². The zero-order chi connectivity index (χ0) is 35.1. The zero-order valence-electron chi connectivity index (χ0n) is 28.8. The average Bonchev–Trinajstić information content (AvgIpc) is 3.63. The minimum atomic E-state index is -0.322. The van der Waals surface area contributed by atoms with Gasteiger partial charge in [0.1, 0.15) is 23.2 Å². The van der Waals surface area contributed by atoms with Crippen molar-refractivity contribution in [2.75, 3.05) is 0 Å². The number of nitrogens with zero attached hydrogens (tertiary/aromatic N) is 2. The fraction of sp³-hybridized carbons (Fsp3) is 0.0204. The van der Waals surface area contributed by atoms with Crippen LogP contribution in [0.4, 0.5) is 0 Å². The fourth-order valence-corrected chi connectivity index (χ4v) is 7.48. The minimum absolute atomic E-state index is 0.322. The van der Waals surface area contributed by atoms with Gasteiger partial charge in [-0.2, -0.15) is 0 Å². The lowest BCUT2D eigenvalue weighted by Gasteiger charge is -2.24. The maximum absolute atomic E-state index is 6.53. The number of furan rings is 1. The average molecular weight is 680 g/mol. The van der Waals surface area contributed by atoms with Crippen LogP contribution in [0.5, 0.6) is 0 Å². The molecule has 10 rings (SSSR count). The Hall–Kier alpha value is -7.04. The van der Waals surface area contributed by atoms with Gasteiger partial charge in [0, 0.05) is 21.9 Å². The third kappa shape index (κ3) is 5.67. The van der Waals surface area contributed by atoms with E-state index < -0.39 is 0 Å². The standard InChI is InChI=1S/C49H33N3O/c1-3-11-32(12-4-1)34-21-26-36(27-22-34)41-17-9-19-43-45(41)46-42(18-10-20-44(46)53-43)49-51-47(37-14-5-2-6-15-37)50-48(52-49)38-28-23-35(24-29-38)40-30-25-33-13-7-8-16-39(33)31-40/h1-31,47H,(H,50,51,52). The summed E-state index contributed by atoms with van der Waals surface area (Å²) >= 11 is 0. The first-order valence-electron chi connectivity index (χ1n) is 17.9. The van der Waals surface area contributed by atoms with Gasteiger partial charge in [-0.1, -0.05) is 170 Å². The monoisotopic (exact) mass is 679 g/mol. The molecule has 1 unspecified atom stereocenters. The third-order valence-electron chi connectivity index (χ3n) is 10.2. The summed E-state index contributed by atoms with van der Waals surface area (Å²) in [5.74, 6) is 1.43. The van der Waals surface area contributed by atoms with Gasteiger partial charge in [0.25, 0.3) is 0 Å². The van der Waals surface area contributed by atoms with E-state index in [-0.39, 0.29) is 6.17 Å². The summed E-state index contributed by atoms with van der Waals surface area (Å²) in [6.45, 7) is 0. The van der Waals surface area contributed by atoms with Crippen LogP contribution >= 0.6 is 0 Å². The number of fused-ring (bicyclic) bond motifs is 4.